The van der Waals surface area contributed by atoms with Crippen molar-refractivity contribution < 1.29 is 4.79 Å². The number of nitrogens with zero attached hydrogens (tertiary/aromatic N) is 1. The Labute approximate surface area is 259 Å². The molecule has 0 spiro atoms. The van der Waals surface area contributed by atoms with E-state index >= 15 is 0 Å². The molecule has 214 valence electrons. The first-order chi connectivity index (χ1) is 21.6. The van der Waals surface area contributed by atoms with E-state index in [-0.39, 0.29) is 5.91 Å². The molecule has 0 unspecified atom stereocenters. The van der Waals surface area contributed by atoms with E-state index in [1.165, 1.54) is 32.2 Å². The number of nitrogens with one attached hydrogen (secondary N) is 1. The molecule has 0 fully saturated rings. The average Bonchev–Trinajstić information content (AvgIpc) is 3.51. The standard InChI is InChI=1S/C40H33N2OP/c1-29-17-18-31-26-32(20-19-30(31)25-29)39-28-34-27-33(21-22-38(34)42-39)40(43)41-23-24-44(35-11-5-2-6-12-35,36-13-7-3-8-14-36)37-15-9-4-10-16-37/h2-22,25-27H,23-24,28H2,1H3/p+1. The van der Waals surface area contributed by atoms with Gasteiger partial charge in [-0.1, -0.05) is 90.5 Å². The molecule has 1 aliphatic heterocycles. The van der Waals surface area contributed by atoms with Crippen molar-refractivity contribution in [2.24, 2.45) is 4.99 Å². The Balaban J connectivity index is 1.11. The smallest absolute Gasteiger partial charge is 0.251 e. The summed E-state index contributed by atoms with van der Waals surface area (Å²) in [5.41, 5.74) is 6.15. The Kier molecular flexibility index (Phi) is 7.64. The third-order valence-corrected chi connectivity index (χ3v) is 13.0. The minimum Gasteiger partial charge on any atom is -0.348 e. The summed E-state index contributed by atoms with van der Waals surface area (Å²) >= 11 is 0. The lowest BCUT2D eigenvalue weighted by Crippen LogP contribution is -2.37. The van der Waals surface area contributed by atoms with Gasteiger partial charge in [-0.25, -0.2) is 0 Å². The molecule has 0 aromatic heterocycles. The van der Waals surface area contributed by atoms with Gasteiger partial charge in [0.05, 0.1) is 24.1 Å². The quantitative estimate of drug-likeness (QED) is 0.183. The zero-order valence-electron chi connectivity index (χ0n) is 24.8. The van der Waals surface area contributed by atoms with Crippen molar-refractivity contribution in [1.82, 2.24) is 5.32 Å². The number of rotatable bonds is 8. The molecule has 6 aromatic rings. The Morgan fingerprint density at radius 2 is 1.27 bits per heavy atom. The molecule has 44 heavy (non-hydrogen) atoms. The first kappa shape index (κ1) is 28.0. The van der Waals surface area contributed by atoms with E-state index in [1.54, 1.807) is 0 Å². The van der Waals surface area contributed by atoms with Crippen molar-refractivity contribution in [3.8, 4) is 0 Å². The van der Waals surface area contributed by atoms with Crippen molar-refractivity contribution in [3.05, 3.63) is 168 Å². The highest BCUT2D eigenvalue weighted by molar-refractivity contribution is 7.95. The number of aliphatic imine (C=N–C) groups is 1. The topological polar surface area (TPSA) is 41.5 Å². The van der Waals surface area contributed by atoms with Crippen LogP contribution in [0.2, 0.25) is 0 Å². The van der Waals surface area contributed by atoms with Crippen LogP contribution in [-0.2, 0) is 6.42 Å². The molecule has 3 nitrogen and oxygen atoms in total. The van der Waals surface area contributed by atoms with Crippen LogP contribution in [0.5, 0.6) is 0 Å². The van der Waals surface area contributed by atoms with Gasteiger partial charge in [0.25, 0.3) is 5.91 Å². The maximum Gasteiger partial charge on any atom is 0.251 e. The van der Waals surface area contributed by atoms with Crippen LogP contribution in [0.1, 0.15) is 27.0 Å². The summed E-state index contributed by atoms with van der Waals surface area (Å²) in [6, 6.07) is 51.3. The largest absolute Gasteiger partial charge is 0.348 e. The van der Waals surface area contributed by atoms with E-state index in [0.29, 0.717) is 12.1 Å². The monoisotopic (exact) mass is 589 g/mol. The first-order valence-electron chi connectivity index (χ1n) is 15.1. The molecule has 4 heteroatoms. The van der Waals surface area contributed by atoms with Crippen molar-refractivity contribution in [1.29, 1.82) is 0 Å². The average molecular weight is 590 g/mol. The minimum atomic E-state index is -2.01. The Morgan fingerprint density at radius 3 is 1.91 bits per heavy atom. The van der Waals surface area contributed by atoms with E-state index in [4.69, 9.17) is 4.99 Å². The van der Waals surface area contributed by atoms with E-state index in [2.05, 4.69) is 140 Å². The Morgan fingerprint density at radius 1 is 0.682 bits per heavy atom. The van der Waals surface area contributed by atoms with Gasteiger partial charge < -0.3 is 5.32 Å². The third kappa shape index (κ3) is 5.36. The molecule has 0 saturated heterocycles. The summed E-state index contributed by atoms with van der Waals surface area (Å²) in [6.45, 7) is 2.69. The van der Waals surface area contributed by atoms with Gasteiger partial charge in [-0.05, 0) is 89.5 Å². The molecule has 1 heterocycles. The zero-order chi connectivity index (χ0) is 29.9. The number of amides is 1. The Hall–Kier alpha value is -4.85. The molecule has 0 radical (unpaired) electrons. The van der Waals surface area contributed by atoms with E-state index in [9.17, 15) is 4.79 Å². The number of carbonyl (C=O) groups is 1. The second-order valence-electron chi connectivity index (χ2n) is 11.4. The van der Waals surface area contributed by atoms with Crippen LogP contribution in [0.3, 0.4) is 0 Å². The van der Waals surface area contributed by atoms with E-state index in [1.807, 2.05) is 18.2 Å². The minimum absolute atomic E-state index is 0.0467. The van der Waals surface area contributed by atoms with E-state index in [0.717, 1.165) is 35.1 Å². The molecule has 1 amide bonds. The molecule has 7 rings (SSSR count). The lowest BCUT2D eigenvalue weighted by Gasteiger charge is -2.27. The summed E-state index contributed by atoms with van der Waals surface area (Å²) < 4.78 is 0. The van der Waals surface area contributed by atoms with Crippen molar-refractivity contribution in [2.75, 3.05) is 12.7 Å². The highest BCUT2D eigenvalue weighted by atomic mass is 31.2. The molecule has 6 aromatic carbocycles. The SMILES string of the molecule is Cc1ccc2cc(C3=Nc4ccc(C(=O)NCC[P+](c5ccccc5)(c5ccccc5)c5ccccc5)cc4C3)ccc2c1. The molecule has 0 atom stereocenters. The fourth-order valence-electron chi connectivity index (χ4n) is 6.38. The van der Waals surface area contributed by atoms with Gasteiger partial charge in [0.2, 0.25) is 0 Å². The second-order valence-corrected chi connectivity index (χ2v) is 15.1. The third-order valence-electron chi connectivity index (χ3n) is 8.61. The van der Waals surface area contributed by atoms with E-state index < -0.39 is 7.26 Å². The first-order valence-corrected chi connectivity index (χ1v) is 17.1. The second kappa shape index (κ2) is 12.0. The maximum atomic E-state index is 13.5. The number of carbonyl (C=O) groups excluding carboxylic acids is 1. The van der Waals surface area contributed by atoms with Gasteiger partial charge in [-0.15, -0.1) is 0 Å². The lowest BCUT2D eigenvalue weighted by molar-refractivity contribution is 0.0956. The fourth-order valence-corrected chi connectivity index (χ4v) is 10.5. The van der Waals surface area contributed by atoms with Gasteiger partial charge in [-0.3, -0.25) is 9.79 Å². The summed E-state index contributed by atoms with van der Waals surface area (Å²) in [5, 5.41) is 9.68. The summed E-state index contributed by atoms with van der Waals surface area (Å²) in [7, 11) is -2.01. The number of hydrogen-bond donors (Lipinski definition) is 1. The van der Waals surface area contributed by atoms with Crippen LogP contribution in [0.15, 0.2) is 151 Å². The predicted octanol–water partition coefficient (Wildman–Crippen LogP) is 7.55. The number of hydrogen-bond acceptors (Lipinski definition) is 2. The van der Waals surface area contributed by atoms with Gasteiger partial charge in [0.1, 0.15) is 23.2 Å². The van der Waals surface area contributed by atoms with Crippen LogP contribution in [0.25, 0.3) is 10.8 Å². The Bertz CT molecular complexity index is 1890. The van der Waals surface area contributed by atoms with Crippen LogP contribution < -0.4 is 21.2 Å². The van der Waals surface area contributed by atoms with Crippen LogP contribution in [-0.4, -0.2) is 24.3 Å². The molecule has 0 saturated carbocycles. The highest BCUT2D eigenvalue weighted by Gasteiger charge is 2.44. The molecule has 1 N–H and O–H groups in total. The highest BCUT2D eigenvalue weighted by Crippen LogP contribution is 2.54. The number of benzene rings is 6. The molecule has 1 aliphatic rings. The van der Waals surface area contributed by atoms with Crippen molar-refractivity contribution >= 4 is 51.3 Å². The van der Waals surface area contributed by atoms with Crippen LogP contribution in [0.4, 0.5) is 5.69 Å². The van der Waals surface area contributed by atoms with Crippen molar-refractivity contribution in [2.45, 2.75) is 13.3 Å². The maximum absolute atomic E-state index is 13.5. The molecular weight excluding hydrogens is 555 g/mol. The summed E-state index contributed by atoms with van der Waals surface area (Å²) in [4.78, 5) is 18.5. The zero-order valence-corrected chi connectivity index (χ0v) is 25.7. The summed E-state index contributed by atoms with van der Waals surface area (Å²) in [5.74, 6) is -0.0467. The van der Waals surface area contributed by atoms with Crippen molar-refractivity contribution in [3.63, 3.8) is 0 Å². The normalized spacial score (nSPS) is 12.5. The number of aryl methyl sites for hydroxylation is 1. The van der Waals surface area contributed by atoms with Gasteiger partial charge in [-0.2, -0.15) is 0 Å². The summed E-state index contributed by atoms with van der Waals surface area (Å²) in [6.07, 6.45) is 1.55. The fraction of sp³-hybridized carbons (Fsp3) is 0.100. The predicted molar refractivity (Wildman–Crippen MR) is 187 cm³/mol. The van der Waals surface area contributed by atoms with Gasteiger partial charge in [0.15, 0.2) is 0 Å². The lowest BCUT2D eigenvalue weighted by atomic mass is 9.99. The molecule has 0 aliphatic carbocycles. The molecule has 0 bridgehead atoms. The van der Waals surface area contributed by atoms with Gasteiger partial charge in [0, 0.05) is 12.0 Å². The molecular formula is C40H34N2OP+. The van der Waals surface area contributed by atoms with Crippen LogP contribution >= 0.6 is 7.26 Å². The van der Waals surface area contributed by atoms with Gasteiger partial charge >= 0.3 is 0 Å². The van der Waals surface area contributed by atoms with Crippen LogP contribution in [0, 0.1) is 6.92 Å². The number of fused-ring (bicyclic) bond motifs is 2.